The lowest BCUT2D eigenvalue weighted by molar-refractivity contribution is -0.181. The zero-order valence-electron chi connectivity index (χ0n) is 10.7. The van der Waals surface area contributed by atoms with Gasteiger partial charge in [0.15, 0.2) is 0 Å². The fourth-order valence-corrected chi connectivity index (χ4v) is 2.01. The van der Waals surface area contributed by atoms with Crippen LogP contribution in [0.25, 0.3) is 0 Å². The van der Waals surface area contributed by atoms with Gasteiger partial charge in [0, 0.05) is 25.2 Å². The Bertz CT molecular complexity index is 448. The van der Waals surface area contributed by atoms with Gasteiger partial charge < -0.3 is 11.1 Å². The number of hydroxylamine groups is 2. The third-order valence-electron chi connectivity index (χ3n) is 2.94. The van der Waals surface area contributed by atoms with Crippen molar-refractivity contribution in [1.29, 1.82) is 0 Å². The summed E-state index contributed by atoms with van der Waals surface area (Å²) in [6, 6.07) is 5.05. The standard InChI is InChI=1S/C13H18ClN3O2/c14-11-4-3-10(9-12(11)15)16-13(18)5-7-17-6-1-2-8-19-17/h3-4,9H,1-2,5-8,15H2,(H,16,18). The van der Waals surface area contributed by atoms with E-state index in [-0.39, 0.29) is 5.91 Å². The lowest BCUT2D eigenvalue weighted by Crippen LogP contribution is -2.32. The second-order valence-electron chi connectivity index (χ2n) is 4.50. The molecule has 1 aliphatic rings. The number of halogens is 1. The molecule has 19 heavy (non-hydrogen) atoms. The SMILES string of the molecule is Nc1cc(NC(=O)CCN2CCCCO2)ccc1Cl. The Kier molecular flexibility index (Phi) is 5.01. The predicted molar refractivity (Wildman–Crippen MR) is 75.9 cm³/mol. The Hall–Kier alpha value is -1.30. The molecular formula is C13H18ClN3O2. The van der Waals surface area contributed by atoms with Crippen molar-refractivity contribution in [2.75, 3.05) is 30.7 Å². The Morgan fingerprint density at radius 3 is 3.00 bits per heavy atom. The van der Waals surface area contributed by atoms with E-state index < -0.39 is 0 Å². The van der Waals surface area contributed by atoms with Crippen LogP contribution in [0.3, 0.4) is 0 Å². The van der Waals surface area contributed by atoms with Gasteiger partial charge in [0.05, 0.1) is 17.3 Å². The molecule has 0 atom stereocenters. The first kappa shape index (κ1) is 14.1. The van der Waals surface area contributed by atoms with Crippen molar-refractivity contribution >= 4 is 28.9 Å². The number of hydrogen-bond acceptors (Lipinski definition) is 4. The van der Waals surface area contributed by atoms with Crippen molar-refractivity contribution in [3.63, 3.8) is 0 Å². The molecule has 1 saturated heterocycles. The number of nitrogens with one attached hydrogen (secondary N) is 1. The number of amides is 1. The van der Waals surface area contributed by atoms with Gasteiger partial charge in [-0.3, -0.25) is 9.63 Å². The maximum absolute atomic E-state index is 11.8. The number of carbonyl (C=O) groups is 1. The van der Waals surface area contributed by atoms with Crippen LogP contribution in [0.1, 0.15) is 19.3 Å². The molecule has 1 heterocycles. The highest BCUT2D eigenvalue weighted by atomic mass is 35.5. The molecular weight excluding hydrogens is 266 g/mol. The fourth-order valence-electron chi connectivity index (χ4n) is 1.90. The third kappa shape index (κ3) is 4.38. The average Bonchev–Trinajstić information content (AvgIpc) is 2.42. The van der Waals surface area contributed by atoms with E-state index in [1.807, 2.05) is 5.06 Å². The van der Waals surface area contributed by atoms with Crippen LogP contribution in [-0.2, 0) is 9.63 Å². The summed E-state index contributed by atoms with van der Waals surface area (Å²) >= 11 is 5.82. The van der Waals surface area contributed by atoms with Crippen molar-refractivity contribution in [3.8, 4) is 0 Å². The average molecular weight is 284 g/mol. The van der Waals surface area contributed by atoms with Crippen molar-refractivity contribution in [2.45, 2.75) is 19.3 Å². The van der Waals surface area contributed by atoms with Crippen molar-refractivity contribution < 1.29 is 9.63 Å². The van der Waals surface area contributed by atoms with Gasteiger partial charge in [0.1, 0.15) is 0 Å². The number of hydrogen-bond donors (Lipinski definition) is 2. The van der Waals surface area contributed by atoms with Crippen LogP contribution in [0.2, 0.25) is 5.02 Å². The summed E-state index contributed by atoms with van der Waals surface area (Å²) in [5.74, 6) is -0.0594. The molecule has 104 valence electrons. The summed E-state index contributed by atoms with van der Waals surface area (Å²) in [5.41, 5.74) is 6.79. The Morgan fingerprint density at radius 1 is 1.47 bits per heavy atom. The van der Waals surface area contributed by atoms with Gasteiger partial charge in [0.2, 0.25) is 5.91 Å². The van der Waals surface area contributed by atoms with Gasteiger partial charge in [-0.05, 0) is 31.0 Å². The molecule has 1 amide bonds. The van der Waals surface area contributed by atoms with Crippen molar-refractivity contribution in [2.24, 2.45) is 0 Å². The van der Waals surface area contributed by atoms with Crippen LogP contribution >= 0.6 is 11.6 Å². The first-order valence-corrected chi connectivity index (χ1v) is 6.76. The first-order valence-electron chi connectivity index (χ1n) is 6.38. The zero-order chi connectivity index (χ0) is 13.7. The van der Waals surface area contributed by atoms with E-state index in [9.17, 15) is 4.79 Å². The molecule has 0 spiro atoms. The van der Waals surface area contributed by atoms with Crippen LogP contribution in [0.15, 0.2) is 18.2 Å². The molecule has 0 radical (unpaired) electrons. The molecule has 0 bridgehead atoms. The number of nitrogen functional groups attached to an aromatic ring is 1. The minimum atomic E-state index is -0.0594. The van der Waals surface area contributed by atoms with E-state index >= 15 is 0 Å². The highest BCUT2D eigenvalue weighted by Crippen LogP contribution is 2.22. The minimum Gasteiger partial charge on any atom is -0.397 e. The number of benzene rings is 1. The predicted octanol–water partition coefficient (Wildman–Crippen LogP) is 2.28. The summed E-state index contributed by atoms with van der Waals surface area (Å²) in [4.78, 5) is 17.2. The normalized spacial score (nSPS) is 16.3. The second-order valence-corrected chi connectivity index (χ2v) is 4.91. The molecule has 0 unspecified atom stereocenters. The fraction of sp³-hybridized carbons (Fsp3) is 0.462. The maximum Gasteiger partial charge on any atom is 0.225 e. The van der Waals surface area contributed by atoms with Gasteiger partial charge in [-0.1, -0.05) is 11.6 Å². The van der Waals surface area contributed by atoms with Gasteiger partial charge in [0.25, 0.3) is 0 Å². The number of anilines is 2. The smallest absolute Gasteiger partial charge is 0.225 e. The van der Waals surface area contributed by atoms with Crippen molar-refractivity contribution in [1.82, 2.24) is 5.06 Å². The third-order valence-corrected chi connectivity index (χ3v) is 3.29. The topological polar surface area (TPSA) is 67.6 Å². The molecule has 6 heteroatoms. The molecule has 5 nitrogen and oxygen atoms in total. The first-order chi connectivity index (χ1) is 9.15. The molecule has 2 rings (SSSR count). The lowest BCUT2D eigenvalue weighted by Gasteiger charge is -2.25. The molecule has 1 aliphatic heterocycles. The molecule has 1 fully saturated rings. The van der Waals surface area contributed by atoms with Gasteiger partial charge in [-0.15, -0.1) is 0 Å². The number of nitrogens with two attached hydrogens (primary N) is 1. The van der Waals surface area contributed by atoms with Gasteiger partial charge >= 0.3 is 0 Å². The highest BCUT2D eigenvalue weighted by Gasteiger charge is 2.12. The number of nitrogens with zero attached hydrogens (tertiary/aromatic N) is 1. The van der Waals surface area contributed by atoms with E-state index in [4.69, 9.17) is 22.2 Å². The van der Waals surface area contributed by atoms with Crippen molar-refractivity contribution in [3.05, 3.63) is 23.2 Å². The van der Waals surface area contributed by atoms with Crippen LogP contribution in [-0.4, -0.2) is 30.7 Å². The molecule has 1 aromatic rings. The maximum atomic E-state index is 11.8. The van der Waals surface area contributed by atoms with Gasteiger partial charge in [-0.25, -0.2) is 0 Å². The summed E-state index contributed by atoms with van der Waals surface area (Å²) in [6.45, 7) is 2.24. The van der Waals surface area contributed by atoms with Crippen LogP contribution in [0.5, 0.6) is 0 Å². The molecule has 0 aliphatic carbocycles. The summed E-state index contributed by atoms with van der Waals surface area (Å²) in [7, 11) is 0. The Balaban J connectivity index is 1.78. The lowest BCUT2D eigenvalue weighted by atomic mass is 10.2. The largest absolute Gasteiger partial charge is 0.397 e. The van der Waals surface area contributed by atoms with Crippen LogP contribution < -0.4 is 11.1 Å². The Labute approximate surface area is 117 Å². The summed E-state index contributed by atoms with van der Waals surface area (Å²) < 4.78 is 0. The second kappa shape index (κ2) is 6.75. The molecule has 0 saturated carbocycles. The highest BCUT2D eigenvalue weighted by molar-refractivity contribution is 6.33. The van der Waals surface area contributed by atoms with E-state index in [1.54, 1.807) is 18.2 Å². The molecule has 3 N–H and O–H groups in total. The Morgan fingerprint density at radius 2 is 2.32 bits per heavy atom. The number of carbonyl (C=O) groups excluding carboxylic acids is 1. The zero-order valence-corrected chi connectivity index (χ0v) is 11.4. The van der Waals surface area contributed by atoms with Gasteiger partial charge in [-0.2, -0.15) is 5.06 Å². The summed E-state index contributed by atoms with van der Waals surface area (Å²) in [6.07, 6.45) is 2.60. The van der Waals surface area contributed by atoms with E-state index in [0.717, 1.165) is 26.0 Å². The van der Waals surface area contributed by atoms with Crippen LogP contribution in [0, 0.1) is 0 Å². The monoisotopic (exact) mass is 283 g/mol. The molecule has 0 aromatic heterocycles. The van der Waals surface area contributed by atoms with E-state index in [1.165, 1.54) is 0 Å². The quantitative estimate of drug-likeness (QED) is 0.832. The minimum absolute atomic E-state index is 0.0594. The van der Waals surface area contributed by atoms with Crippen LogP contribution in [0.4, 0.5) is 11.4 Å². The van der Waals surface area contributed by atoms with E-state index in [2.05, 4.69) is 5.32 Å². The molecule has 1 aromatic carbocycles. The number of rotatable bonds is 4. The summed E-state index contributed by atoms with van der Waals surface area (Å²) in [5, 5.41) is 5.12. The van der Waals surface area contributed by atoms with E-state index in [0.29, 0.717) is 29.4 Å².